The topological polar surface area (TPSA) is 26.3 Å². The van der Waals surface area contributed by atoms with Crippen LogP contribution in [0.4, 0.5) is 0 Å². The summed E-state index contributed by atoms with van der Waals surface area (Å²) in [6.45, 7) is 12.3. The van der Waals surface area contributed by atoms with Gasteiger partial charge in [0.1, 0.15) is 13.7 Å². The quantitative estimate of drug-likeness (QED) is 0.475. The normalized spacial score (nSPS) is 11.5. The summed E-state index contributed by atoms with van der Waals surface area (Å²) in [6.07, 6.45) is 1.06. The molecule has 1 aromatic rings. The molecule has 0 aliphatic heterocycles. The van der Waals surface area contributed by atoms with Gasteiger partial charge in [-0.25, -0.2) is 0 Å². The number of hydrogen-bond donors (Lipinski definition) is 0. The molecule has 0 bridgehead atoms. The average Bonchev–Trinajstić information content (AvgIpc) is 2.32. The van der Waals surface area contributed by atoms with E-state index in [9.17, 15) is 4.79 Å². The third-order valence-electron chi connectivity index (χ3n) is 2.61. The lowest BCUT2D eigenvalue weighted by Gasteiger charge is -2.19. The van der Waals surface area contributed by atoms with E-state index >= 15 is 0 Å². The van der Waals surface area contributed by atoms with Gasteiger partial charge >= 0.3 is 5.97 Å². The van der Waals surface area contributed by atoms with E-state index in [4.69, 9.17) is 4.74 Å². The first kappa shape index (κ1) is 17.5. The Morgan fingerprint density at radius 2 is 1.81 bits per heavy atom. The van der Waals surface area contributed by atoms with Gasteiger partial charge in [-0.1, -0.05) is 43.8 Å². The number of carbonyl (C=O) groups is 1. The SMILES string of the molecule is CC(C)(C)OC(=O)CCc1ccccc1C#C[Si](C)(C)C. The Kier molecular flexibility index (Phi) is 5.80. The summed E-state index contributed by atoms with van der Waals surface area (Å²) in [5.41, 5.74) is 5.11. The number of ether oxygens (including phenoxy) is 1. The minimum absolute atomic E-state index is 0.157. The van der Waals surface area contributed by atoms with E-state index in [0.717, 1.165) is 11.1 Å². The third-order valence-corrected chi connectivity index (χ3v) is 3.48. The Morgan fingerprint density at radius 3 is 2.38 bits per heavy atom. The predicted molar refractivity (Wildman–Crippen MR) is 90.8 cm³/mol. The Labute approximate surface area is 129 Å². The van der Waals surface area contributed by atoms with Crippen molar-refractivity contribution in [2.24, 2.45) is 0 Å². The molecule has 0 aliphatic carbocycles. The summed E-state index contributed by atoms with van der Waals surface area (Å²) in [6, 6.07) is 8.05. The number of hydrogen-bond acceptors (Lipinski definition) is 2. The van der Waals surface area contributed by atoms with E-state index in [1.54, 1.807) is 0 Å². The van der Waals surface area contributed by atoms with Crippen molar-refractivity contribution in [2.45, 2.75) is 58.9 Å². The van der Waals surface area contributed by atoms with Crippen LogP contribution in [0.3, 0.4) is 0 Å². The maximum atomic E-state index is 11.8. The van der Waals surface area contributed by atoms with Crippen LogP contribution in [-0.2, 0) is 16.0 Å². The van der Waals surface area contributed by atoms with Crippen molar-refractivity contribution in [3.05, 3.63) is 35.4 Å². The lowest BCUT2D eigenvalue weighted by atomic mass is 10.0. The van der Waals surface area contributed by atoms with Gasteiger partial charge in [0, 0.05) is 12.0 Å². The fraction of sp³-hybridized carbons (Fsp3) is 0.500. The van der Waals surface area contributed by atoms with E-state index in [1.807, 2.05) is 45.0 Å². The standard InChI is InChI=1S/C18H26O2Si/c1-18(2,3)20-17(19)12-11-15-9-7-8-10-16(15)13-14-21(4,5)6/h7-10H,11-12H2,1-6H3. The van der Waals surface area contributed by atoms with Crippen molar-refractivity contribution in [1.29, 1.82) is 0 Å². The van der Waals surface area contributed by atoms with Crippen molar-refractivity contribution >= 4 is 14.0 Å². The number of esters is 1. The van der Waals surface area contributed by atoms with Crippen LogP contribution in [0, 0.1) is 11.5 Å². The second-order valence-corrected chi connectivity index (χ2v) is 12.0. The molecule has 0 atom stereocenters. The number of carbonyl (C=O) groups excluding carboxylic acids is 1. The van der Waals surface area contributed by atoms with Crippen molar-refractivity contribution in [2.75, 3.05) is 0 Å². The van der Waals surface area contributed by atoms with E-state index < -0.39 is 13.7 Å². The summed E-state index contributed by atoms with van der Waals surface area (Å²) >= 11 is 0. The van der Waals surface area contributed by atoms with Crippen LogP contribution in [0.5, 0.6) is 0 Å². The van der Waals surface area contributed by atoms with Gasteiger partial charge in [0.15, 0.2) is 0 Å². The molecule has 0 aliphatic rings. The lowest BCUT2D eigenvalue weighted by molar-refractivity contribution is -0.154. The van der Waals surface area contributed by atoms with Crippen LogP contribution in [0.2, 0.25) is 19.6 Å². The molecule has 114 valence electrons. The molecule has 0 spiro atoms. The zero-order valence-corrected chi connectivity index (χ0v) is 15.0. The van der Waals surface area contributed by atoms with Gasteiger partial charge in [0.2, 0.25) is 0 Å². The second-order valence-electron chi connectivity index (χ2n) is 7.24. The lowest BCUT2D eigenvalue weighted by Crippen LogP contribution is -2.24. The molecule has 0 radical (unpaired) electrons. The van der Waals surface area contributed by atoms with Crippen LogP contribution >= 0.6 is 0 Å². The fourth-order valence-electron chi connectivity index (χ4n) is 1.74. The molecule has 0 amide bonds. The van der Waals surface area contributed by atoms with Gasteiger partial charge in [0.25, 0.3) is 0 Å². The number of aryl methyl sites for hydroxylation is 1. The molecular weight excluding hydrogens is 276 g/mol. The molecule has 0 N–H and O–H groups in total. The molecule has 0 saturated heterocycles. The summed E-state index contributed by atoms with van der Waals surface area (Å²) in [5.74, 6) is 3.13. The highest BCUT2D eigenvalue weighted by Gasteiger charge is 2.16. The van der Waals surface area contributed by atoms with Crippen LogP contribution in [0.15, 0.2) is 24.3 Å². The highest BCUT2D eigenvalue weighted by molar-refractivity contribution is 6.83. The van der Waals surface area contributed by atoms with Gasteiger partial charge in [-0.2, -0.15) is 0 Å². The monoisotopic (exact) mass is 302 g/mol. The highest BCUT2D eigenvalue weighted by atomic mass is 28.3. The Hall–Kier alpha value is -1.53. The molecule has 21 heavy (non-hydrogen) atoms. The van der Waals surface area contributed by atoms with Crippen LogP contribution < -0.4 is 0 Å². The summed E-state index contributed by atoms with van der Waals surface area (Å²) in [5, 5.41) is 0. The molecular formula is C18H26O2Si. The summed E-state index contributed by atoms with van der Waals surface area (Å²) < 4.78 is 5.35. The van der Waals surface area contributed by atoms with Crippen molar-refractivity contribution in [3.8, 4) is 11.5 Å². The summed E-state index contributed by atoms with van der Waals surface area (Å²) in [4.78, 5) is 11.8. The zero-order valence-electron chi connectivity index (χ0n) is 14.0. The molecule has 1 rings (SSSR count). The third kappa shape index (κ3) is 7.72. The minimum Gasteiger partial charge on any atom is -0.460 e. The number of benzene rings is 1. The first-order chi connectivity index (χ1) is 9.57. The smallest absolute Gasteiger partial charge is 0.306 e. The predicted octanol–water partition coefficient (Wildman–Crippen LogP) is 4.19. The fourth-order valence-corrected chi connectivity index (χ4v) is 2.25. The molecule has 0 aromatic heterocycles. The van der Waals surface area contributed by atoms with E-state index in [0.29, 0.717) is 12.8 Å². The van der Waals surface area contributed by atoms with Crippen molar-refractivity contribution in [3.63, 3.8) is 0 Å². The Morgan fingerprint density at radius 1 is 1.19 bits per heavy atom. The van der Waals surface area contributed by atoms with Crippen molar-refractivity contribution in [1.82, 2.24) is 0 Å². The first-order valence-corrected chi connectivity index (χ1v) is 10.9. The molecule has 0 fully saturated rings. The van der Waals surface area contributed by atoms with Crippen molar-refractivity contribution < 1.29 is 9.53 Å². The molecule has 1 aromatic carbocycles. The van der Waals surface area contributed by atoms with Crippen LogP contribution in [-0.4, -0.2) is 19.6 Å². The Bertz CT molecular complexity index is 551. The minimum atomic E-state index is -1.39. The average molecular weight is 302 g/mol. The van der Waals surface area contributed by atoms with Gasteiger partial charge in [-0.05, 0) is 38.8 Å². The zero-order chi connectivity index (χ0) is 16.1. The second kappa shape index (κ2) is 6.95. The van der Waals surface area contributed by atoms with Gasteiger partial charge in [-0.15, -0.1) is 5.54 Å². The van der Waals surface area contributed by atoms with E-state index in [1.165, 1.54) is 0 Å². The van der Waals surface area contributed by atoms with Gasteiger partial charge in [-0.3, -0.25) is 4.79 Å². The summed E-state index contributed by atoms with van der Waals surface area (Å²) in [7, 11) is -1.39. The highest BCUT2D eigenvalue weighted by Crippen LogP contribution is 2.13. The molecule has 2 nitrogen and oxygen atoms in total. The maximum absolute atomic E-state index is 11.8. The molecule has 0 saturated carbocycles. The number of rotatable bonds is 3. The largest absolute Gasteiger partial charge is 0.460 e. The molecule has 0 unspecified atom stereocenters. The van der Waals surface area contributed by atoms with Gasteiger partial charge in [0.05, 0.1) is 0 Å². The maximum Gasteiger partial charge on any atom is 0.306 e. The Balaban J connectivity index is 2.76. The molecule has 3 heteroatoms. The first-order valence-electron chi connectivity index (χ1n) is 7.40. The van der Waals surface area contributed by atoms with Crippen LogP contribution in [0.1, 0.15) is 38.3 Å². The van der Waals surface area contributed by atoms with Gasteiger partial charge < -0.3 is 4.74 Å². The molecule has 0 heterocycles. The van der Waals surface area contributed by atoms with E-state index in [-0.39, 0.29) is 5.97 Å². The van der Waals surface area contributed by atoms with Crippen LogP contribution in [0.25, 0.3) is 0 Å². The van der Waals surface area contributed by atoms with E-state index in [2.05, 4.69) is 31.1 Å².